The van der Waals surface area contributed by atoms with Gasteiger partial charge >= 0.3 is 5.97 Å². The number of benzene rings is 1. The molecule has 1 heterocycles. The van der Waals surface area contributed by atoms with Crippen molar-refractivity contribution in [2.75, 3.05) is 0 Å². The van der Waals surface area contributed by atoms with Crippen LogP contribution in [0, 0.1) is 13.8 Å². The first kappa shape index (κ1) is 16.0. The van der Waals surface area contributed by atoms with Crippen LogP contribution in [0.5, 0.6) is 0 Å². The second-order valence-electron chi connectivity index (χ2n) is 4.70. The van der Waals surface area contributed by atoms with Gasteiger partial charge in [0, 0.05) is 4.88 Å². The van der Waals surface area contributed by atoms with Crippen molar-refractivity contribution in [2.45, 2.75) is 24.5 Å². The van der Waals surface area contributed by atoms with E-state index < -0.39 is 15.8 Å². The summed E-state index contributed by atoms with van der Waals surface area (Å²) in [6.07, 6.45) is 0. The summed E-state index contributed by atoms with van der Waals surface area (Å²) >= 11 is 7.00. The molecule has 21 heavy (non-hydrogen) atoms. The molecule has 0 atom stereocenters. The Morgan fingerprint density at radius 2 is 1.90 bits per heavy atom. The average Bonchev–Trinajstić information content (AvgIpc) is 2.72. The van der Waals surface area contributed by atoms with Gasteiger partial charge in [0.05, 0.1) is 20.5 Å². The molecule has 1 aromatic heterocycles. The molecule has 0 saturated heterocycles. The lowest BCUT2D eigenvalue weighted by atomic mass is 10.1. The third kappa shape index (κ3) is 3.45. The number of carboxylic acids is 1. The van der Waals surface area contributed by atoms with E-state index in [4.69, 9.17) is 16.7 Å². The summed E-state index contributed by atoms with van der Waals surface area (Å²) in [4.78, 5) is 11.8. The minimum absolute atomic E-state index is 0.00314. The van der Waals surface area contributed by atoms with E-state index in [0.717, 1.165) is 0 Å². The van der Waals surface area contributed by atoms with Gasteiger partial charge in [0.15, 0.2) is 9.84 Å². The second-order valence-corrected chi connectivity index (χ2v) is 8.46. The summed E-state index contributed by atoms with van der Waals surface area (Å²) in [5.74, 6) is -1.32. The van der Waals surface area contributed by atoms with E-state index in [-0.39, 0.29) is 16.2 Å². The summed E-state index contributed by atoms with van der Waals surface area (Å²) in [6.45, 7) is 3.30. The Morgan fingerprint density at radius 1 is 1.24 bits per heavy atom. The fourth-order valence-corrected chi connectivity index (χ4v) is 5.15. The predicted molar refractivity (Wildman–Crippen MR) is 83.1 cm³/mol. The largest absolute Gasteiger partial charge is 0.478 e. The number of sulfone groups is 1. The highest BCUT2D eigenvalue weighted by molar-refractivity contribution is 7.90. The lowest BCUT2D eigenvalue weighted by molar-refractivity contribution is 0.0696. The number of hydrogen-bond acceptors (Lipinski definition) is 4. The summed E-state index contributed by atoms with van der Waals surface area (Å²) in [5, 5.41) is 9.13. The molecular formula is C14H13ClO4S2. The van der Waals surface area contributed by atoms with Gasteiger partial charge in [-0.1, -0.05) is 17.7 Å². The van der Waals surface area contributed by atoms with Crippen LogP contribution in [0.1, 0.15) is 26.4 Å². The number of carbonyl (C=O) groups is 1. The van der Waals surface area contributed by atoms with Crippen LogP contribution in [0.3, 0.4) is 0 Å². The molecule has 0 unspecified atom stereocenters. The summed E-state index contributed by atoms with van der Waals surface area (Å²) < 4.78 is 25.5. The summed E-state index contributed by atoms with van der Waals surface area (Å²) in [7, 11) is -3.62. The Balaban J connectivity index is 2.49. The van der Waals surface area contributed by atoms with Crippen LogP contribution in [-0.2, 0) is 15.6 Å². The van der Waals surface area contributed by atoms with Crippen LogP contribution in [-0.4, -0.2) is 19.5 Å². The quantitative estimate of drug-likeness (QED) is 0.918. The Bertz CT molecular complexity index is 806. The topological polar surface area (TPSA) is 71.4 Å². The van der Waals surface area contributed by atoms with Gasteiger partial charge in [-0.05, 0) is 43.2 Å². The zero-order valence-electron chi connectivity index (χ0n) is 11.4. The maximum Gasteiger partial charge on any atom is 0.335 e. The van der Waals surface area contributed by atoms with Crippen LogP contribution in [0.4, 0.5) is 0 Å². The number of aryl methyl sites for hydroxylation is 2. The highest BCUT2D eigenvalue weighted by Gasteiger charge is 2.22. The number of carboxylic acid groups (broad SMARTS) is 1. The van der Waals surface area contributed by atoms with E-state index in [0.29, 0.717) is 20.3 Å². The summed E-state index contributed by atoms with van der Waals surface area (Å²) in [5.41, 5.74) is 1.08. The third-order valence-electron chi connectivity index (χ3n) is 3.05. The van der Waals surface area contributed by atoms with Crippen LogP contribution < -0.4 is 0 Å². The molecule has 0 bridgehead atoms. The third-order valence-corrected chi connectivity index (χ3v) is 6.26. The van der Waals surface area contributed by atoms with Gasteiger partial charge in [0.25, 0.3) is 0 Å². The molecule has 0 fully saturated rings. The average molecular weight is 345 g/mol. The van der Waals surface area contributed by atoms with E-state index in [9.17, 15) is 13.2 Å². The van der Waals surface area contributed by atoms with Crippen molar-refractivity contribution in [3.63, 3.8) is 0 Å². The lowest BCUT2D eigenvalue weighted by Gasteiger charge is -2.10. The van der Waals surface area contributed by atoms with Crippen LogP contribution in [0.2, 0.25) is 4.34 Å². The van der Waals surface area contributed by atoms with Crippen molar-refractivity contribution in [3.8, 4) is 0 Å². The molecule has 2 rings (SSSR count). The maximum absolute atomic E-state index is 12.5. The maximum atomic E-state index is 12.5. The van der Waals surface area contributed by atoms with Gasteiger partial charge in [-0.3, -0.25) is 0 Å². The van der Waals surface area contributed by atoms with E-state index in [1.54, 1.807) is 32.0 Å². The zero-order chi connectivity index (χ0) is 15.8. The van der Waals surface area contributed by atoms with Gasteiger partial charge in [0.2, 0.25) is 0 Å². The van der Waals surface area contributed by atoms with Gasteiger partial charge in [0.1, 0.15) is 0 Å². The van der Waals surface area contributed by atoms with Gasteiger partial charge in [-0.15, -0.1) is 11.3 Å². The Morgan fingerprint density at radius 3 is 2.43 bits per heavy atom. The fourth-order valence-electron chi connectivity index (χ4n) is 2.09. The van der Waals surface area contributed by atoms with Gasteiger partial charge in [-0.25, -0.2) is 13.2 Å². The Kier molecular flexibility index (Phi) is 4.41. The van der Waals surface area contributed by atoms with Crippen molar-refractivity contribution in [1.29, 1.82) is 0 Å². The molecule has 0 amide bonds. The highest BCUT2D eigenvalue weighted by atomic mass is 35.5. The highest BCUT2D eigenvalue weighted by Crippen LogP contribution is 2.28. The minimum Gasteiger partial charge on any atom is -0.478 e. The SMILES string of the molecule is Cc1cc(C)c(S(=O)(=O)Cc2ccc(Cl)s2)cc1C(=O)O. The molecule has 4 nitrogen and oxygen atoms in total. The number of aromatic carboxylic acids is 1. The van der Waals surface area contributed by atoms with Crippen LogP contribution >= 0.6 is 22.9 Å². The van der Waals surface area contributed by atoms with Crippen LogP contribution in [0.15, 0.2) is 29.2 Å². The number of halogens is 1. The van der Waals surface area contributed by atoms with Crippen molar-refractivity contribution in [3.05, 3.63) is 50.2 Å². The molecule has 0 spiro atoms. The van der Waals surface area contributed by atoms with E-state index >= 15 is 0 Å². The minimum atomic E-state index is -3.62. The molecule has 1 N–H and O–H groups in total. The fraction of sp³-hybridized carbons (Fsp3) is 0.214. The van der Waals surface area contributed by atoms with Gasteiger partial charge in [-0.2, -0.15) is 0 Å². The first-order chi connectivity index (χ1) is 9.70. The molecule has 0 saturated carbocycles. The first-order valence-corrected chi connectivity index (χ1v) is 8.87. The monoisotopic (exact) mass is 344 g/mol. The van der Waals surface area contributed by atoms with E-state index in [1.165, 1.54) is 17.4 Å². The van der Waals surface area contributed by atoms with Crippen molar-refractivity contribution in [2.24, 2.45) is 0 Å². The first-order valence-electron chi connectivity index (χ1n) is 6.02. The summed E-state index contributed by atoms with van der Waals surface area (Å²) in [6, 6.07) is 6.11. The van der Waals surface area contributed by atoms with E-state index in [1.807, 2.05) is 0 Å². The molecule has 0 radical (unpaired) electrons. The van der Waals surface area contributed by atoms with Crippen molar-refractivity contribution >= 4 is 38.7 Å². The molecule has 1 aromatic carbocycles. The normalized spacial score (nSPS) is 11.6. The molecule has 0 aliphatic carbocycles. The molecule has 0 aliphatic rings. The van der Waals surface area contributed by atoms with Gasteiger partial charge < -0.3 is 5.11 Å². The molecule has 7 heteroatoms. The number of hydrogen-bond donors (Lipinski definition) is 1. The zero-order valence-corrected chi connectivity index (χ0v) is 13.8. The molecule has 0 aliphatic heterocycles. The van der Waals surface area contributed by atoms with Crippen LogP contribution in [0.25, 0.3) is 0 Å². The smallest absolute Gasteiger partial charge is 0.335 e. The molecule has 112 valence electrons. The standard InChI is InChI=1S/C14H13ClO4S2/c1-8-5-9(2)12(6-11(8)14(16)17)21(18,19)7-10-3-4-13(15)20-10/h3-6H,7H2,1-2H3,(H,16,17). The van der Waals surface area contributed by atoms with Crippen molar-refractivity contribution < 1.29 is 18.3 Å². The van der Waals surface area contributed by atoms with E-state index in [2.05, 4.69) is 0 Å². The predicted octanol–water partition coefficient (Wildman–Crippen LogP) is 3.69. The number of thiophene rings is 1. The lowest BCUT2D eigenvalue weighted by Crippen LogP contribution is -2.09. The number of rotatable bonds is 4. The Hall–Kier alpha value is -1.37. The molecule has 2 aromatic rings. The second kappa shape index (κ2) is 5.79. The molecular weight excluding hydrogens is 332 g/mol. The van der Waals surface area contributed by atoms with Crippen molar-refractivity contribution in [1.82, 2.24) is 0 Å². The Labute approximate surface area is 131 Å².